The zero-order valence-corrected chi connectivity index (χ0v) is 34.4. The zero-order chi connectivity index (χ0) is 40.7. The van der Waals surface area contributed by atoms with E-state index < -0.39 is 84.2 Å². The minimum atomic E-state index is -4.06. The summed E-state index contributed by atoms with van der Waals surface area (Å²) in [7, 11) is 19.4. The summed E-state index contributed by atoms with van der Waals surface area (Å²) in [5.74, 6) is 0. The van der Waals surface area contributed by atoms with Crippen LogP contribution in [-0.2, 0) is 50.7 Å². The van der Waals surface area contributed by atoms with Gasteiger partial charge in [0.1, 0.15) is 51.3 Å². The van der Waals surface area contributed by atoms with Crippen LogP contribution in [0.1, 0.15) is 81.1 Å². The molecular weight excluding hydrogens is 727 g/mol. The zero-order valence-electron chi connectivity index (χ0n) is 32.6. The summed E-state index contributed by atoms with van der Waals surface area (Å²) in [5, 5.41) is 40.2. The lowest BCUT2D eigenvalue weighted by atomic mass is 9.44. The van der Waals surface area contributed by atoms with Gasteiger partial charge >= 0.3 is 15.4 Å². The average molecular weight is 782 g/mol. The van der Waals surface area contributed by atoms with Crippen LogP contribution in [0.15, 0.2) is 0 Å². The third-order valence-corrected chi connectivity index (χ3v) is 12.9. The summed E-state index contributed by atoms with van der Waals surface area (Å²) in [6.45, 7) is 13.5. The van der Waals surface area contributed by atoms with Gasteiger partial charge in [-0.05, 0) is 81.1 Å². The first-order valence-electron chi connectivity index (χ1n) is 17.4. The van der Waals surface area contributed by atoms with Crippen molar-refractivity contribution in [2.24, 2.45) is 0 Å². The number of hydrogen-bond acceptors (Lipinski definition) is 15. The quantitative estimate of drug-likeness (QED) is 0.133. The third-order valence-electron chi connectivity index (χ3n) is 10.0. The Balaban J connectivity index is 0.000000286. The number of phosphoric ester groups is 1. The molecule has 4 N–H and O–H groups in total. The molecule has 0 spiro atoms. The van der Waals surface area contributed by atoms with Crippen LogP contribution in [-0.4, -0.2) is 175 Å². The molecule has 292 valence electrons. The van der Waals surface area contributed by atoms with Gasteiger partial charge in [0.2, 0.25) is 0 Å². The molecule has 0 bridgehead atoms. The van der Waals surface area contributed by atoms with Gasteiger partial charge in [-0.25, -0.2) is 4.57 Å². The molecule has 10 radical (unpaired) electrons. The van der Waals surface area contributed by atoms with Gasteiger partial charge in [-0.15, -0.1) is 0 Å². The Morgan fingerprint density at radius 1 is 0.660 bits per heavy atom. The predicted octanol–water partition coefficient (Wildman–Crippen LogP) is 0.553. The lowest BCUT2D eigenvalue weighted by molar-refractivity contribution is -0.0852. The lowest BCUT2D eigenvalue weighted by Crippen LogP contribution is -2.41. The van der Waals surface area contributed by atoms with Crippen molar-refractivity contribution >= 4 is 60.9 Å². The van der Waals surface area contributed by atoms with Crippen molar-refractivity contribution in [1.29, 1.82) is 0 Å². The second-order valence-corrected chi connectivity index (χ2v) is 20.3. The van der Waals surface area contributed by atoms with E-state index >= 15 is 0 Å². The van der Waals surface area contributed by atoms with Crippen LogP contribution in [0.5, 0.6) is 0 Å². The molecule has 14 unspecified atom stereocenters. The molecule has 0 aromatic carbocycles. The van der Waals surface area contributed by atoms with Crippen molar-refractivity contribution in [3.63, 3.8) is 0 Å². The van der Waals surface area contributed by atoms with E-state index in [1.54, 1.807) is 55.4 Å². The molecule has 53 heavy (non-hydrogen) atoms. The predicted molar refractivity (Wildman–Crippen MR) is 201 cm³/mol. The number of ether oxygens (including phenoxy) is 4. The number of hydrogen-bond donors (Lipinski definition) is 4. The fraction of sp³-hybridized carbons (Fsp3) is 1.00. The van der Waals surface area contributed by atoms with Gasteiger partial charge in [-0.1, -0.05) is 0 Å². The SMILES string of the molecule is [B][B]C1(C)CC(C)(O)C(COP(=O)(OC)OC2(C)CC([B])(C)OC2CO)O1.[B][B]C1(C)CC(C)(O)C(COP(C)(=O)OC2(C)CC([B])(C)OC2CO)O1. The third kappa shape index (κ3) is 11.9. The Kier molecular flexibility index (Phi) is 14.9. The van der Waals surface area contributed by atoms with E-state index in [-0.39, 0.29) is 45.7 Å². The molecule has 0 saturated carbocycles. The normalized spacial score (nSPS) is 47.7. The van der Waals surface area contributed by atoms with Gasteiger partial charge in [0.25, 0.3) is 0 Å². The Hall–Kier alpha value is 0.330. The molecule has 0 aromatic rings. The molecule has 0 amide bonds. The summed E-state index contributed by atoms with van der Waals surface area (Å²) >= 11 is 0. The van der Waals surface area contributed by atoms with E-state index in [9.17, 15) is 29.6 Å². The fourth-order valence-corrected chi connectivity index (χ4v) is 10.3. The number of phosphoric acid groups is 1. The number of aliphatic hydroxyl groups excluding tert-OH is 2. The Morgan fingerprint density at radius 2 is 1.04 bits per heavy atom. The molecule has 15 nitrogen and oxygen atoms in total. The molecule has 4 rings (SSSR count). The number of rotatable bonds is 15. The molecule has 4 saturated heterocycles. The molecule has 4 fully saturated rings. The standard InChI is InChI=1S/C15H27B3O8P.C15H27B3O7P/c1-12(20)8-15(4,18-17)25-11(12)7-23-27(21,22-5)26-13(2)9-14(3,16)24-10(13)6-19;1-12(20)8-15(4,18-17)24-11(12)7-22-26(5,21)25-13(2)9-14(3,16)23-10(13)6-19/h10-11,19-20H,6-9H2,1-5H3;10-11,19-20H,6-9H2,1-5H3. The van der Waals surface area contributed by atoms with E-state index in [1.165, 1.54) is 28.1 Å². The van der Waals surface area contributed by atoms with Gasteiger partial charge in [0.15, 0.2) is 0 Å². The summed E-state index contributed by atoms with van der Waals surface area (Å²) in [6, 6.07) is 0. The van der Waals surface area contributed by atoms with Crippen molar-refractivity contribution in [3.05, 3.63) is 0 Å². The van der Waals surface area contributed by atoms with E-state index in [4.69, 9.17) is 72.7 Å². The van der Waals surface area contributed by atoms with E-state index in [1.807, 2.05) is 0 Å². The van der Waals surface area contributed by atoms with Crippen LogP contribution >= 0.6 is 15.4 Å². The first-order valence-corrected chi connectivity index (χ1v) is 20.8. The fourth-order valence-electron chi connectivity index (χ4n) is 7.65. The minimum Gasteiger partial charge on any atom is -0.394 e. The molecular formula is C30H54B6O15P2. The van der Waals surface area contributed by atoms with Crippen molar-refractivity contribution in [3.8, 4) is 0 Å². The molecule has 4 aliphatic rings. The highest BCUT2D eigenvalue weighted by Gasteiger charge is 2.56. The van der Waals surface area contributed by atoms with Crippen LogP contribution < -0.4 is 0 Å². The van der Waals surface area contributed by atoms with Gasteiger partial charge < -0.3 is 43.9 Å². The average Bonchev–Trinajstić information content (AvgIpc) is 3.60. The highest BCUT2D eigenvalue weighted by Crippen LogP contribution is 2.57. The second-order valence-electron chi connectivity index (χ2n) is 16.6. The maximum absolute atomic E-state index is 13.0. The van der Waals surface area contributed by atoms with E-state index in [0.717, 1.165) is 0 Å². The van der Waals surface area contributed by atoms with Gasteiger partial charge in [-0.3, -0.25) is 22.7 Å². The molecule has 4 heterocycles. The smallest absolute Gasteiger partial charge is 0.394 e. The van der Waals surface area contributed by atoms with Crippen LogP contribution in [0.25, 0.3) is 0 Å². The Labute approximate surface area is 321 Å². The van der Waals surface area contributed by atoms with Crippen molar-refractivity contribution in [2.45, 2.75) is 150 Å². The first-order chi connectivity index (χ1) is 23.9. The summed E-state index contributed by atoms with van der Waals surface area (Å²) in [5.41, 5.74) is -8.36. The highest BCUT2D eigenvalue weighted by atomic mass is 31.2. The Bertz CT molecular complexity index is 1360. The van der Waals surface area contributed by atoms with Crippen molar-refractivity contribution in [1.82, 2.24) is 0 Å². The van der Waals surface area contributed by atoms with Crippen molar-refractivity contribution in [2.75, 3.05) is 40.2 Å². The second kappa shape index (κ2) is 16.5. The summed E-state index contributed by atoms with van der Waals surface area (Å²) in [6.07, 6.45) is -2.09. The van der Waals surface area contributed by atoms with Crippen molar-refractivity contribution < 1.29 is 71.1 Å². The minimum absolute atomic E-state index is 0.134. The maximum Gasteiger partial charge on any atom is 0.475 e. The highest BCUT2D eigenvalue weighted by molar-refractivity contribution is 7.53. The topological polar surface area (TPSA) is 198 Å². The van der Waals surface area contributed by atoms with E-state index in [0.29, 0.717) is 6.42 Å². The largest absolute Gasteiger partial charge is 0.475 e. The lowest BCUT2D eigenvalue weighted by Gasteiger charge is -2.32. The van der Waals surface area contributed by atoms with Crippen LogP contribution in [0.4, 0.5) is 0 Å². The van der Waals surface area contributed by atoms with Crippen LogP contribution in [0.3, 0.4) is 0 Å². The Morgan fingerprint density at radius 3 is 1.38 bits per heavy atom. The summed E-state index contributed by atoms with van der Waals surface area (Å²) < 4.78 is 75.8. The molecule has 0 aliphatic carbocycles. The van der Waals surface area contributed by atoms with Crippen LogP contribution in [0, 0.1) is 0 Å². The maximum atomic E-state index is 13.0. The molecule has 23 heteroatoms. The molecule has 14 atom stereocenters. The summed E-state index contributed by atoms with van der Waals surface area (Å²) in [4.78, 5) is 0. The van der Waals surface area contributed by atoms with Gasteiger partial charge in [-0.2, -0.15) is 0 Å². The van der Waals surface area contributed by atoms with Gasteiger partial charge in [0.05, 0.1) is 52.0 Å². The van der Waals surface area contributed by atoms with Crippen LogP contribution in [0.2, 0.25) is 0 Å². The monoisotopic (exact) mass is 782 g/mol. The van der Waals surface area contributed by atoms with E-state index in [2.05, 4.69) is 0 Å². The first kappa shape index (κ1) is 47.7. The number of aliphatic hydroxyl groups is 4. The molecule has 0 aromatic heterocycles. The molecule has 4 aliphatic heterocycles. The van der Waals surface area contributed by atoms with Gasteiger partial charge in [0, 0.05) is 51.3 Å².